The van der Waals surface area contributed by atoms with Gasteiger partial charge in [-0.05, 0) is 42.3 Å². The smallest absolute Gasteiger partial charge is 0.00235 e. The predicted molar refractivity (Wildman–Crippen MR) is 75.1 cm³/mol. The van der Waals surface area contributed by atoms with Gasteiger partial charge in [0.05, 0.1) is 0 Å². The van der Waals surface area contributed by atoms with E-state index in [1.165, 1.54) is 66.6 Å². The van der Waals surface area contributed by atoms with E-state index in [4.69, 9.17) is 0 Å². The minimum atomic E-state index is 1.37. The van der Waals surface area contributed by atoms with Gasteiger partial charge in [-0.1, -0.05) is 12.8 Å². The van der Waals surface area contributed by atoms with Crippen LogP contribution in [0, 0.1) is 0 Å². The van der Waals surface area contributed by atoms with Gasteiger partial charge in [0.1, 0.15) is 0 Å². The number of hydrogen-bond acceptors (Lipinski definition) is 3. The Morgan fingerprint density at radius 3 is 1.36 bits per heavy atom. The molecule has 0 aromatic rings. The van der Waals surface area contributed by atoms with Crippen molar-refractivity contribution in [3.8, 4) is 0 Å². The molecule has 14 heavy (non-hydrogen) atoms. The molecule has 0 amide bonds. The summed E-state index contributed by atoms with van der Waals surface area (Å²) in [5.41, 5.74) is 0. The molecule has 1 saturated heterocycles. The highest BCUT2D eigenvalue weighted by Gasteiger charge is 1.96. The zero-order valence-corrected chi connectivity index (χ0v) is 11.5. The van der Waals surface area contributed by atoms with Crippen LogP contribution in [0.1, 0.15) is 32.1 Å². The second-order valence-corrected chi connectivity index (χ2v) is 7.28. The van der Waals surface area contributed by atoms with Crippen LogP contribution in [0.25, 0.3) is 0 Å². The first-order valence-corrected chi connectivity index (χ1v) is 9.20. The van der Waals surface area contributed by atoms with Crippen molar-refractivity contribution in [2.45, 2.75) is 32.1 Å². The highest BCUT2D eigenvalue weighted by atomic mass is 32.2. The average Bonchev–Trinajstić information content (AvgIpc) is 2.22. The van der Waals surface area contributed by atoms with Crippen LogP contribution in [-0.2, 0) is 0 Å². The second-order valence-electron chi connectivity index (χ2n) is 3.60. The molecule has 1 aliphatic heterocycles. The molecule has 0 aliphatic carbocycles. The lowest BCUT2D eigenvalue weighted by molar-refractivity contribution is 0.711. The molecule has 0 spiro atoms. The van der Waals surface area contributed by atoms with Crippen molar-refractivity contribution < 1.29 is 0 Å². The minimum Gasteiger partial charge on any atom is -0.162 e. The van der Waals surface area contributed by atoms with Crippen molar-refractivity contribution in [1.29, 1.82) is 0 Å². The Kier molecular flexibility index (Phi) is 9.90. The Hall–Kier alpha value is 1.05. The molecule has 1 rings (SSSR count). The zero-order valence-electron chi connectivity index (χ0n) is 9.00. The van der Waals surface area contributed by atoms with E-state index in [0.29, 0.717) is 0 Å². The molecular weight excluding hydrogens is 228 g/mol. The summed E-state index contributed by atoms with van der Waals surface area (Å²) in [5, 5.41) is 0. The van der Waals surface area contributed by atoms with Crippen LogP contribution in [0.5, 0.6) is 0 Å². The van der Waals surface area contributed by atoms with Gasteiger partial charge in [0, 0.05) is 11.5 Å². The first kappa shape index (κ1) is 13.1. The van der Waals surface area contributed by atoms with Crippen molar-refractivity contribution in [3.63, 3.8) is 0 Å². The van der Waals surface area contributed by atoms with Crippen LogP contribution >= 0.6 is 35.3 Å². The van der Waals surface area contributed by atoms with E-state index in [1.54, 1.807) is 0 Å². The molecule has 1 fully saturated rings. The van der Waals surface area contributed by atoms with E-state index >= 15 is 0 Å². The number of thioether (sulfide) groups is 3. The van der Waals surface area contributed by atoms with Gasteiger partial charge in [-0.25, -0.2) is 0 Å². The zero-order chi connectivity index (χ0) is 9.90. The quantitative estimate of drug-likeness (QED) is 0.634. The Balaban J connectivity index is 2.00. The molecule has 0 aromatic carbocycles. The number of rotatable bonds is 0. The van der Waals surface area contributed by atoms with Crippen LogP contribution in [0.15, 0.2) is 0 Å². The molecule has 0 bridgehead atoms. The fourth-order valence-corrected chi connectivity index (χ4v) is 4.70. The topological polar surface area (TPSA) is 0 Å². The Morgan fingerprint density at radius 1 is 0.357 bits per heavy atom. The van der Waals surface area contributed by atoms with Gasteiger partial charge < -0.3 is 0 Å². The first-order chi connectivity index (χ1) is 7.00. The fraction of sp³-hybridized carbons (Fsp3) is 1.00. The Bertz CT molecular complexity index is 63.8. The molecule has 1 aliphatic rings. The van der Waals surface area contributed by atoms with Gasteiger partial charge in [0.2, 0.25) is 0 Å². The summed E-state index contributed by atoms with van der Waals surface area (Å²) in [7, 11) is 0. The maximum atomic E-state index is 2.16. The van der Waals surface area contributed by atoms with Crippen LogP contribution in [0.3, 0.4) is 0 Å². The molecular formula is C11H22S3. The molecule has 84 valence electrons. The van der Waals surface area contributed by atoms with Gasteiger partial charge in [0.15, 0.2) is 0 Å². The third-order valence-electron chi connectivity index (χ3n) is 2.28. The normalized spacial score (nSPS) is 24.0. The Labute approximate surface area is 102 Å². The standard InChI is InChI=1S/C11H22S3/c1-2-4-7-13-10-11-14-9-5-8-12-6-3-1/h1-11H2. The van der Waals surface area contributed by atoms with Crippen molar-refractivity contribution in [1.82, 2.24) is 0 Å². The Morgan fingerprint density at radius 2 is 0.786 bits per heavy atom. The summed E-state index contributed by atoms with van der Waals surface area (Å²) in [4.78, 5) is 0. The van der Waals surface area contributed by atoms with E-state index in [-0.39, 0.29) is 0 Å². The predicted octanol–water partition coefficient (Wildman–Crippen LogP) is 4.15. The second kappa shape index (κ2) is 10.6. The van der Waals surface area contributed by atoms with Gasteiger partial charge >= 0.3 is 0 Å². The lowest BCUT2D eigenvalue weighted by Crippen LogP contribution is -1.93. The van der Waals surface area contributed by atoms with Crippen molar-refractivity contribution >= 4 is 35.3 Å². The maximum Gasteiger partial charge on any atom is 0.00235 e. The molecule has 1 heterocycles. The lowest BCUT2D eigenvalue weighted by atomic mass is 10.2. The van der Waals surface area contributed by atoms with Crippen LogP contribution in [0.2, 0.25) is 0 Å². The SMILES string of the molecule is C1CCCSCCSCCCSCC1. The first-order valence-electron chi connectivity index (χ1n) is 5.73. The van der Waals surface area contributed by atoms with E-state index in [1.807, 2.05) is 0 Å². The highest BCUT2D eigenvalue weighted by molar-refractivity contribution is 8.03. The van der Waals surface area contributed by atoms with Crippen molar-refractivity contribution in [2.24, 2.45) is 0 Å². The molecule has 0 nitrogen and oxygen atoms in total. The van der Waals surface area contributed by atoms with Crippen LogP contribution in [0.4, 0.5) is 0 Å². The fourth-order valence-electron chi connectivity index (χ4n) is 1.45. The molecule has 0 aromatic heterocycles. The summed E-state index contributed by atoms with van der Waals surface area (Å²) in [6.07, 6.45) is 7.23. The molecule has 0 radical (unpaired) electrons. The van der Waals surface area contributed by atoms with E-state index in [2.05, 4.69) is 35.3 Å². The van der Waals surface area contributed by atoms with Gasteiger partial charge in [-0.3, -0.25) is 0 Å². The average molecular weight is 250 g/mol. The van der Waals surface area contributed by atoms with E-state index in [9.17, 15) is 0 Å². The summed E-state index contributed by atoms with van der Waals surface area (Å²) in [6, 6.07) is 0. The van der Waals surface area contributed by atoms with Crippen molar-refractivity contribution in [2.75, 3.05) is 34.5 Å². The third-order valence-corrected chi connectivity index (χ3v) is 5.83. The van der Waals surface area contributed by atoms with Crippen LogP contribution < -0.4 is 0 Å². The van der Waals surface area contributed by atoms with E-state index in [0.717, 1.165) is 0 Å². The molecule has 0 saturated carbocycles. The largest absolute Gasteiger partial charge is 0.162 e. The van der Waals surface area contributed by atoms with Gasteiger partial charge in [0.25, 0.3) is 0 Å². The molecule has 0 unspecified atom stereocenters. The van der Waals surface area contributed by atoms with Crippen LogP contribution in [-0.4, -0.2) is 34.5 Å². The summed E-state index contributed by atoms with van der Waals surface area (Å²) >= 11 is 6.46. The third kappa shape index (κ3) is 8.37. The highest BCUT2D eigenvalue weighted by Crippen LogP contribution is 2.15. The maximum absolute atomic E-state index is 2.16. The van der Waals surface area contributed by atoms with Gasteiger partial charge in [-0.2, -0.15) is 35.3 Å². The monoisotopic (exact) mass is 250 g/mol. The molecule has 0 N–H and O–H groups in total. The molecule has 3 heteroatoms. The number of hydrogen-bond donors (Lipinski definition) is 0. The van der Waals surface area contributed by atoms with Crippen molar-refractivity contribution in [3.05, 3.63) is 0 Å². The van der Waals surface area contributed by atoms with Gasteiger partial charge in [-0.15, -0.1) is 0 Å². The summed E-state index contributed by atoms with van der Waals surface area (Å²) in [5.74, 6) is 8.31. The van der Waals surface area contributed by atoms with E-state index < -0.39 is 0 Å². The summed E-state index contributed by atoms with van der Waals surface area (Å²) in [6.45, 7) is 0. The lowest BCUT2D eigenvalue weighted by Gasteiger charge is -2.05. The minimum absolute atomic E-state index is 1.37. The summed E-state index contributed by atoms with van der Waals surface area (Å²) < 4.78 is 0. The molecule has 0 atom stereocenters.